The lowest BCUT2D eigenvalue weighted by Gasteiger charge is -2.27. The van der Waals surface area contributed by atoms with Crippen molar-refractivity contribution in [3.63, 3.8) is 0 Å². The number of hydrogen-bond acceptors (Lipinski definition) is 4. The number of para-hydroxylation sites is 1. The quantitative estimate of drug-likeness (QED) is 0.706. The van der Waals surface area contributed by atoms with Crippen LogP contribution in [0.25, 0.3) is 0 Å². The number of carbonyl (C=O) groups is 3. The van der Waals surface area contributed by atoms with Crippen LogP contribution in [-0.4, -0.2) is 29.5 Å². The molecule has 7 nitrogen and oxygen atoms in total. The van der Waals surface area contributed by atoms with Gasteiger partial charge in [-0.3, -0.25) is 25.2 Å². The highest BCUT2D eigenvalue weighted by Gasteiger charge is 2.35. The largest absolute Gasteiger partial charge is 0.483 e. The van der Waals surface area contributed by atoms with Crippen molar-refractivity contribution in [2.75, 3.05) is 6.61 Å². The minimum absolute atomic E-state index is 0.238. The molecule has 0 aromatic heterocycles. The lowest BCUT2D eigenvalue weighted by molar-refractivity contribution is -0.149. The Labute approximate surface area is 140 Å². The molecule has 0 spiro atoms. The first-order valence-corrected chi connectivity index (χ1v) is 7.99. The van der Waals surface area contributed by atoms with E-state index in [4.69, 9.17) is 4.74 Å². The van der Waals surface area contributed by atoms with Gasteiger partial charge in [-0.05, 0) is 31.4 Å². The molecule has 0 bridgehead atoms. The fourth-order valence-corrected chi connectivity index (χ4v) is 2.86. The number of amides is 2. The van der Waals surface area contributed by atoms with Crippen LogP contribution in [0.15, 0.2) is 24.3 Å². The summed E-state index contributed by atoms with van der Waals surface area (Å²) in [5, 5.41) is 9.18. The fraction of sp³-hybridized carbons (Fsp3) is 0.471. The van der Waals surface area contributed by atoms with Crippen LogP contribution in [0.4, 0.5) is 0 Å². The van der Waals surface area contributed by atoms with Gasteiger partial charge >= 0.3 is 5.97 Å². The molecule has 1 aromatic carbocycles. The highest BCUT2D eigenvalue weighted by molar-refractivity contribution is 5.87. The molecule has 24 heavy (non-hydrogen) atoms. The normalized spacial score (nSPS) is 20.0. The smallest absolute Gasteiger partial charge is 0.307 e. The van der Waals surface area contributed by atoms with E-state index in [-0.39, 0.29) is 6.61 Å². The average molecular weight is 334 g/mol. The second-order valence-electron chi connectivity index (χ2n) is 5.93. The molecule has 0 unspecified atom stereocenters. The van der Waals surface area contributed by atoms with E-state index < -0.39 is 29.6 Å². The molecular formula is C17H22N2O5. The van der Waals surface area contributed by atoms with Gasteiger partial charge in [0.25, 0.3) is 5.91 Å². The van der Waals surface area contributed by atoms with E-state index in [9.17, 15) is 19.5 Å². The van der Waals surface area contributed by atoms with Gasteiger partial charge in [0.1, 0.15) is 5.75 Å². The summed E-state index contributed by atoms with van der Waals surface area (Å²) in [4.78, 5) is 35.1. The van der Waals surface area contributed by atoms with E-state index in [0.717, 1.165) is 18.4 Å². The zero-order valence-electron chi connectivity index (χ0n) is 13.6. The average Bonchev–Trinajstić information content (AvgIpc) is 2.59. The number of carboxylic acid groups (broad SMARTS) is 1. The summed E-state index contributed by atoms with van der Waals surface area (Å²) >= 11 is 0. The Kier molecular flexibility index (Phi) is 6.17. The Hall–Kier alpha value is -2.57. The molecule has 0 radical (unpaired) electrons. The maximum Gasteiger partial charge on any atom is 0.307 e. The molecule has 2 atom stereocenters. The van der Waals surface area contributed by atoms with Gasteiger partial charge in [0.2, 0.25) is 5.91 Å². The number of rotatable bonds is 5. The van der Waals surface area contributed by atoms with Crippen molar-refractivity contribution in [3.05, 3.63) is 29.8 Å². The van der Waals surface area contributed by atoms with Crippen molar-refractivity contribution in [3.8, 4) is 5.75 Å². The molecule has 0 heterocycles. The van der Waals surface area contributed by atoms with Gasteiger partial charge in [-0.1, -0.05) is 31.0 Å². The van der Waals surface area contributed by atoms with Crippen molar-refractivity contribution in [2.24, 2.45) is 11.8 Å². The van der Waals surface area contributed by atoms with Crippen LogP contribution in [-0.2, 0) is 14.4 Å². The Balaban J connectivity index is 1.79. The summed E-state index contributed by atoms with van der Waals surface area (Å²) in [5.74, 6) is -2.66. The number of ether oxygens (including phenoxy) is 1. The van der Waals surface area contributed by atoms with E-state index in [1.807, 2.05) is 19.1 Å². The zero-order valence-corrected chi connectivity index (χ0v) is 13.6. The van der Waals surface area contributed by atoms with Crippen molar-refractivity contribution < 1.29 is 24.2 Å². The SMILES string of the molecule is Cc1ccccc1OCC(=O)NNC(=O)[C@H]1CCCC[C@H]1C(=O)O. The second-order valence-corrected chi connectivity index (χ2v) is 5.93. The maximum absolute atomic E-state index is 12.1. The minimum Gasteiger partial charge on any atom is -0.483 e. The van der Waals surface area contributed by atoms with Gasteiger partial charge in [0, 0.05) is 0 Å². The second kappa shape index (κ2) is 8.33. The molecule has 7 heteroatoms. The lowest BCUT2D eigenvalue weighted by Crippen LogP contribution is -2.49. The summed E-state index contributed by atoms with van der Waals surface area (Å²) in [6.45, 7) is 1.63. The highest BCUT2D eigenvalue weighted by atomic mass is 16.5. The number of nitrogens with one attached hydrogen (secondary N) is 2. The number of aliphatic carboxylic acids is 1. The summed E-state index contributed by atoms with van der Waals surface area (Å²) in [7, 11) is 0. The van der Waals surface area contributed by atoms with Crippen LogP contribution in [0.2, 0.25) is 0 Å². The lowest BCUT2D eigenvalue weighted by atomic mass is 9.79. The Bertz CT molecular complexity index is 617. The van der Waals surface area contributed by atoms with Gasteiger partial charge in [0.05, 0.1) is 11.8 Å². The molecule has 1 aliphatic carbocycles. The van der Waals surface area contributed by atoms with E-state index in [1.165, 1.54) is 0 Å². The first-order chi connectivity index (χ1) is 11.5. The number of hydrogen-bond donors (Lipinski definition) is 3. The Morgan fingerprint density at radius 2 is 1.79 bits per heavy atom. The molecule has 0 saturated heterocycles. The number of carbonyl (C=O) groups excluding carboxylic acids is 2. The number of benzene rings is 1. The molecular weight excluding hydrogens is 312 g/mol. The molecule has 130 valence electrons. The first kappa shape index (κ1) is 17.8. The van der Waals surface area contributed by atoms with Crippen LogP contribution in [0.5, 0.6) is 5.75 Å². The van der Waals surface area contributed by atoms with Crippen molar-refractivity contribution in [2.45, 2.75) is 32.6 Å². The van der Waals surface area contributed by atoms with Crippen molar-refractivity contribution in [1.29, 1.82) is 0 Å². The third-order valence-corrected chi connectivity index (χ3v) is 4.20. The van der Waals surface area contributed by atoms with Gasteiger partial charge < -0.3 is 9.84 Å². The predicted molar refractivity (Wildman–Crippen MR) is 86.0 cm³/mol. The molecule has 2 amide bonds. The van der Waals surface area contributed by atoms with Crippen LogP contribution in [0.3, 0.4) is 0 Å². The summed E-state index contributed by atoms with van der Waals surface area (Å²) < 4.78 is 5.38. The van der Waals surface area contributed by atoms with Gasteiger partial charge in [-0.25, -0.2) is 0 Å². The number of hydrazine groups is 1. The molecule has 1 aromatic rings. The van der Waals surface area contributed by atoms with Crippen LogP contribution in [0.1, 0.15) is 31.2 Å². The summed E-state index contributed by atoms with van der Waals surface area (Å²) in [6, 6.07) is 7.29. The first-order valence-electron chi connectivity index (χ1n) is 7.99. The summed E-state index contributed by atoms with van der Waals surface area (Å²) in [6.07, 6.45) is 2.61. The third kappa shape index (κ3) is 4.71. The van der Waals surface area contributed by atoms with Crippen molar-refractivity contribution >= 4 is 17.8 Å². The minimum atomic E-state index is -0.968. The van der Waals surface area contributed by atoms with Gasteiger partial charge in [-0.2, -0.15) is 0 Å². The topological polar surface area (TPSA) is 105 Å². The van der Waals surface area contributed by atoms with E-state index in [1.54, 1.807) is 12.1 Å². The Morgan fingerprint density at radius 1 is 1.12 bits per heavy atom. The standard InChI is InChI=1S/C17H22N2O5/c1-11-6-2-5-9-14(11)24-10-15(20)18-19-16(21)12-7-3-4-8-13(12)17(22)23/h2,5-6,9,12-13H,3-4,7-8,10H2,1H3,(H,18,20)(H,19,21)(H,22,23)/t12-,13+/m0/s1. The van der Waals surface area contributed by atoms with Crippen molar-refractivity contribution in [1.82, 2.24) is 10.9 Å². The van der Waals surface area contributed by atoms with Gasteiger partial charge in [-0.15, -0.1) is 0 Å². The Morgan fingerprint density at radius 3 is 2.46 bits per heavy atom. The van der Waals surface area contributed by atoms with Crippen LogP contribution >= 0.6 is 0 Å². The van der Waals surface area contributed by atoms with E-state index in [0.29, 0.717) is 18.6 Å². The number of carboxylic acids is 1. The predicted octanol–water partition coefficient (Wildman–Crippen LogP) is 1.41. The summed E-state index contributed by atoms with van der Waals surface area (Å²) in [5.41, 5.74) is 5.48. The zero-order chi connectivity index (χ0) is 17.5. The van der Waals surface area contributed by atoms with Gasteiger partial charge in [0.15, 0.2) is 6.61 Å². The fourth-order valence-electron chi connectivity index (χ4n) is 2.86. The van der Waals surface area contributed by atoms with E-state index in [2.05, 4.69) is 10.9 Å². The highest BCUT2D eigenvalue weighted by Crippen LogP contribution is 2.30. The molecule has 1 saturated carbocycles. The van der Waals surface area contributed by atoms with E-state index >= 15 is 0 Å². The maximum atomic E-state index is 12.1. The molecule has 1 aliphatic rings. The molecule has 1 fully saturated rings. The molecule has 2 rings (SSSR count). The number of aryl methyl sites for hydroxylation is 1. The third-order valence-electron chi connectivity index (χ3n) is 4.20. The monoisotopic (exact) mass is 334 g/mol. The van der Waals surface area contributed by atoms with Crippen LogP contribution in [0, 0.1) is 18.8 Å². The van der Waals surface area contributed by atoms with Crippen LogP contribution < -0.4 is 15.6 Å². The molecule has 3 N–H and O–H groups in total. The molecule has 0 aliphatic heterocycles.